The third-order valence-electron chi connectivity index (χ3n) is 7.07. The van der Waals surface area contributed by atoms with Gasteiger partial charge in [0.25, 0.3) is 0 Å². The average Bonchev–Trinajstić information content (AvgIpc) is 2.90. The van der Waals surface area contributed by atoms with Crippen molar-refractivity contribution < 1.29 is 14.6 Å². The first kappa shape index (κ1) is 13.1. The number of esters is 1. The van der Waals surface area contributed by atoms with Crippen molar-refractivity contribution in [3.05, 3.63) is 0 Å². The van der Waals surface area contributed by atoms with E-state index in [1.165, 1.54) is 0 Å². The van der Waals surface area contributed by atoms with Gasteiger partial charge < -0.3 is 9.84 Å². The molecule has 0 aromatic rings. The molecule has 4 heteroatoms. The molecule has 112 valence electrons. The Morgan fingerprint density at radius 2 is 2.00 bits per heavy atom. The van der Waals surface area contributed by atoms with E-state index in [4.69, 9.17) is 4.74 Å². The number of carbonyl (C=O) groups is 1. The van der Waals surface area contributed by atoms with Crippen molar-refractivity contribution in [3.8, 4) is 0 Å². The number of hydrogen-bond donors (Lipinski definition) is 1. The van der Waals surface area contributed by atoms with E-state index in [9.17, 15) is 9.90 Å². The number of rotatable bonds is 1. The van der Waals surface area contributed by atoms with Gasteiger partial charge >= 0.3 is 5.97 Å². The molecule has 2 heterocycles. The molecule has 0 radical (unpaired) electrons. The maximum atomic E-state index is 12.4. The van der Waals surface area contributed by atoms with Crippen molar-refractivity contribution in [2.45, 2.75) is 52.0 Å². The summed E-state index contributed by atoms with van der Waals surface area (Å²) in [7, 11) is 2.00. The van der Waals surface area contributed by atoms with Crippen LogP contribution in [-0.4, -0.2) is 41.4 Å². The molecule has 20 heavy (non-hydrogen) atoms. The summed E-state index contributed by atoms with van der Waals surface area (Å²) < 4.78 is 5.82. The van der Waals surface area contributed by atoms with Crippen LogP contribution >= 0.6 is 0 Å². The van der Waals surface area contributed by atoms with E-state index < -0.39 is 0 Å². The SMILES string of the molecule is CC(C)C1C2OC(=O)C1C1CCC3C(O)N(C)C2C13C. The van der Waals surface area contributed by atoms with E-state index >= 15 is 0 Å². The lowest BCUT2D eigenvalue weighted by molar-refractivity contribution is -0.145. The van der Waals surface area contributed by atoms with Crippen LogP contribution in [0.4, 0.5) is 0 Å². The minimum Gasteiger partial charge on any atom is -0.460 e. The van der Waals surface area contributed by atoms with Crippen LogP contribution in [0.2, 0.25) is 0 Å². The maximum Gasteiger partial charge on any atom is 0.310 e. The predicted molar refractivity (Wildman–Crippen MR) is 73.6 cm³/mol. The molecule has 0 aromatic carbocycles. The van der Waals surface area contributed by atoms with Crippen molar-refractivity contribution in [2.75, 3.05) is 7.05 Å². The Hall–Kier alpha value is -0.610. The van der Waals surface area contributed by atoms with Gasteiger partial charge in [0.2, 0.25) is 0 Å². The zero-order chi connectivity index (χ0) is 14.4. The van der Waals surface area contributed by atoms with Crippen molar-refractivity contribution in [2.24, 2.45) is 35.0 Å². The molecule has 4 nitrogen and oxygen atoms in total. The van der Waals surface area contributed by atoms with Crippen molar-refractivity contribution >= 4 is 5.97 Å². The van der Waals surface area contributed by atoms with E-state index in [0.717, 1.165) is 12.8 Å². The number of carbonyl (C=O) groups excluding carboxylic acids is 1. The second kappa shape index (κ2) is 3.77. The van der Waals surface area contributed by atoms with Crippen LogP contribution in [0.1, 0.15) is 33.6 Å². The Bertz CT molecular complexity index is 465. The van der Waals surface area contributed by atoms with Crippen LogP contribution in [0, 0.1) is 35.0 Å². The second-order valence-corrected chi connectivity index (χ2v) is 7.93. The van der Waals surface area contributed by atoms with Gasteiger partial charge in [-0.25, -0.2) is 0 Å². The Labute approximate surface area is 120 Å². The van der Waals surface area contributed by atoms with E-state index in [1.807, 2.05) is 7.05 Å². The van der Waals surface area contributed by atoms with Crippen molar-refractivity contribution in [3.63, 3.8) is 0 Å². The number of hydrogen-bond acceptors (Lipinski definition) is 4. The zero-order valence-corrected chi connectivity index (χ0v) is 12.7. The highest BCUT2D eigenvalue weighted by molar-refractivity contribution is 5.77. The normalized spacial score (nSPS) is 57.3. The lowest BCUT2D eigenvalue weighted by atomic mass is 9.55. The Morgan fingerprint density at radius 1 is 1.35 bits per heavy atom. The van der Waals surface area contributed by atoms with Crippen LogP contribution < -0.4 is 0 Å². The van der Waals surface area contributed by atoms with Gasteiger partial charge in [0.15, 0.2) is 0 Å². The predicted octanol–water partition coefficient (Wildman–Crippen LogP) is 1.48. The van der Waals surface area contributed by atoms with Gasteiger partial charge in [0.05, 0.1) is 12.0 Å². The molecule has 8 atom stereocenters. The summed E-state index contributed by atoms with van der Waals surface area (Å²) in [6, 6.07) is 0.185. The van der Waals surface area contributed by atoms with Crippen LogP contribution in [-0.2, 0) is 9.53 Å². The first-order chi connectivity index (χ1) is 9.39. The Kier molecular flexibility index (Phi) is 2.47. The highest BCUT2D eigenvalue weighted by atomic mass is 16.6. The van der Waals surface area contributed by atoms with Gasteiger partial charge in [-0.05, 0) is 37.1 Å². The number of nitrogens with zero attached hydrogens (tertiary/aromatic N) is 1. The summed E-state index contributed by atoms with van der Waals surface area (Å²) in [5.41, 5.74) is 0.0427. The largest absolute Gasteiger partial charge is 0.460 e. The molecule has 4 rings (SSSR count). The van der Waals surface area contributed by atoms with Gasteiger partial charge in [0.1, 0.15) is 12.3 Å². The molecule has 2 bridgehead atoms. The molecule has 0 spiro atoms. The van der Waals surface area contributed by atoms with Crippen LogP contribution in [0.25, 0.3) is 0 Å². The molecule has 0 amide bonds. The molecule has 4 aliphatic rings. The summed E-state index contributed by atoms with van der Waals surface area (Å²) in [6.45, 7) is 6.70. The molecular formula is C16H25NO3. The summed E-state index contributed by atoms with van der Waals surface area (Å²) in [4.78, 5) is 14.5. The third kappa shape index (κ3) is 1.20. The zero-order valence-electron chi connectivity index (χ0n) is 12.7. The molecule has 0 aromatic heterocycles. The average molecular weight is 279 g/mol. The molecule has 2 aliphatic carbocycles. The van der Waals surface area contributed by atoms with Gasteiger partial charge in [-0.15, -0.1) is 0 Å². The first-order valence-electron chi connectivity index (χ1n) is 7.99. The molecule has 2 saturated carbocycles. The minimum atomic E-state index is -0.374. The van der Waals surface area contributed by atoms with Crippen LogP contribution in [0.15, 0.2) is 0 Å². The Morgan fingerprint density at radius 3 is 2.65 bits per heavy atom. The molecule has 2 saturated heterocycles. The number of aliphatic hydroxyl groups is 1. The smallest absolute Gasteiger partial charge is 0.310 e. The van der Waals surface area contributed by atoms with Crippen molar-refractivity contribution in [1.82, 2.24) is 4.90 Å². The number of ether oxygens (including phenoxy) is 1. The molecule has 4 fully saturated rings. The summed E-state index contributed by atoms with van der Waals surface area (Å²) in [5.74, 6) is 1.54. The van der Waals surface area contributed by atoms with Gasteiger partial charge in [-0.1, -0.05) is 20.8 Å². The minimum absolute atomic E-state index is 0.0258. The summed E-state index contributed by atoms with van der Waals surface area (Å²) in [5, 5.41) is 10.6. The quantitative estimate of drug-likeness (QED) is 0.739. The van der Waals surface area contributed by atoms with Gasteiger partial charge in [-0.2, -0.15) is 0 Å². The molecule has 1 N–H and O–H groups in total. The fourth-order valence-corrected chi connectivity index (χ4v) is 6.36. The monoisotopic (exact) mass is 279 g/mol. The number of likely N-dealkylation sites (N-methyl/N-ethyl adjacent to an activating group) is 1. The first-order valence-corrected chi connectivity index (χ1v) is 7.99. The second-order valence-electron chi connectivity index (χ2n) is 7.93. The number of aliphatic hydroxyl groups excluding tert-OH is 1. The van der Waals surface area contributed by atoms with Crippen molar-refractivity contribution in [1.29, 1.82) is 0 Å². The number of fused-ring (bicyclic) bond motifs is 4. The maximum absolute atomic E-state index is 12.4. The topological polar surface area (TPSA) is 49.8 Å². The van der Waals surface area contributed by atoms with E-state index in [0.29, 0.717) is 23.7 Å². The highest BCUT2D eigenvalue weighted by Gasteiger charge is 2.73. The lowest BCUT2D eigenvalue weighted by Gasteiger charge is -2.49. The molecule has 8 unspecified atom stereocenters. The Balaban J connectivity index is 1.86. The molecular weight excluding hydrogens is 254 g/mol. The van der Waals surface area contributed by atoms with Crippen LogP contribution in [0.3, 0.4) is 0 Å². The molecule has 2 aliphatic heterocycles. The van der Waals surface area contributed by atoms with Gasteiger partial charge in [0, 0.05) is 11.8 Å². The van der Waals surface area contributed by atoms with E-state index in [1.54, 1.807) is 0 Å². The summed E-state index contributed by atoms with van der Waals surface area (Å²) >= 11 is 0. The third-order valence-corrected chi connectivity index (χ3v) is 7.07. The lowest BCUT2D eigenvalue weighted by Crippen LogP contribution is -2.57. The summed E-state index contributed by atoms with van der Waals surface area (Å²) in [6.07, 6.45) is 1.71. The van der Waals surface area contributed by atoms with E-state index in [2.05, 4.69) is 25.7 Å². The standard InChI is InChI=1S/C16H25NO3/c1-7(2)10-11-8-5-6-9-14(18)17(4)13(16(8,9)3)12(10)20-15(11)19/h7-14,18H,5-6H2,1-4H3. The van der Waals surface area contributed by atoms with Gasteiger partial charge in [-0.3, -0.25) is 9.69 Å². The fraction of sp³-hybridized carbons (Fsp3) is 0.938. The van der Waals surface area contributed by atoms with E-state index in [-0.39, 0.29) is 35.7 Å². The highest BCUT2D eigenvalue weighted by Crippen LogP contribution is 2.67. The fourth-order valence-electron chi connectivity index (χ4n) is 6.36. The number of likely N-dealkylation sites (tertiary alicyclic amines) is 1. The van der Waals surface area contributed by atoms with Crippen LogP contribution in [0.5, 0.6) is 0 Å².